The molecular formula is C15H23NO. The maximum Gasteiger partial charge on any atom is 0.119 e. The number of benzene rings is 1. The van der Waals surface area contributed by atoms with E-state index in [-0.39, 0.29) is 0 Å². The monoisotopic (exact) mass is 233 g/mol. The molecule has 0 spiro atoms. The third-order valence-corrected chi connectivity index (χ3v) is 2.71. The minimum atomic E-state index is 0.566. The molecule has 1 unspecified atom stereocenters. The van der Waals surface area contributed by atoms with Gasteiger partial charge in [0, 0.05) is 6.04 Å². The van der Waals surface area contributed by atoms with Crippen molar-refractivity contribution >= 4 is 0 Å². The summed E-state index contributed by atoms with van der Waals surface area (Å²) in [5, 5.41) is 3.42. The van der Waals surface area contributed by atoms with E-state index >= 15 is 0 Å². The summed E-state index contributed by atoms with van der Waals surface area (Å²) in [5.41, 5.74) is 1.36. The van der Waals surface area contributed by atoms with Crippen molar-refractivity contribution < 1.29 is 4.74 Å². The van der Waals surface area contributed by atoms with Gasteiger partial charge in [-0.15, -0.1) is 0 Å². The van der Waals surface area contributed by atoms with Crippen LogP contribution in [0.5, 0.6) is 5.75 Å². The molecule has 94 valence electrons. The molecule has 0 fully saturated rings. The molecular weight excluding hydrogens is 210 g/mol. The van der Waals surface area contributed by atoms with Gasteiger partial charge in [0.2, 0.25) is 0 Å². The molecule has 1 rings (SSSR count). The lowest BCUT2D eigenvalue weighted by molar-refractivity contribution is 0.363. The zero-order chi connectivity index (χ0) is 12.5. The number of hydrogen-bond donors (Lipinski definition) is 1. The fourth-order valence-corrected chi connectivity index (χ4v) is 1.74. The highest BCUT2D eigenvalue weighted by atomic mass is 16.5. The Morgan fingerprint density at radius 2 is 2.06 bits per heavy atom. The van der Waals surface area contributed by atoms with Gasteiger partial charge in [-0.05, 0) is 44.0 Å². The van der Waals surface area contributed by atoms with Gasteiger partial charge in [-0.1, -0.05) is 31.7 Å². The van der Waals surface area contributed by atoms with Gasteiger partial charge in [-0.25, -0.2) is 0 Å². The molecule has 0 aliphatic carbocycles. The third-order valence-electron chi connectivity index (χ3n) is 2.71. The zero-order valence-electron chi connectivity index (χ0n) is 10.9. The number of nitrogens with one attached hydrogen (secondary N) is 1. The van der Waals surface area contributed by atoms with Crippen molar-refractivity contribution in [3.8, 4) is 5.75 Å². The van der Waals surface area contributed by atoms with Crippen molar-refractivity contribution in [2.75, 3.05) is 13.2 Å². The molecule has 0 saturated heterocycles. The summed E-state index contributed by atoms with van der Waals surface area (Å²) >= 11 is 0. The van der Waals surface area contributed by atoms with Crippen LogP contribution in [-0.4, -0.2) is 19.2 Å². The highest BCUT2D eigenvalue weighted by molar-refractivity contribution is 5.27. The molecule has 0 aliphatic heterocycles. The van der Waals surface area contributed by atoms with Crippen LogP contribution in [0.25, 0.3) is 0 Å². The van der Waals surface area contributed by atoms with Crippen LogP contribution in [0.1, 0.15) is 25.8 Å². The van der Waals surface area contributed by atoms with E-state index in [1.807, 2.05) is 12.1 Å². The predicted molar refractivity (Wildman–Crippen MR) is 73.6 cm³/mol. The molecule has 0 radical (unpaired) electrons. The lowest BCUT2D eigenvalue weighted by Crippen LogP contribution is -2.25. The van der Waals surface area contributed by atoms with Crippen LogP contribution >= 0.6 is 0 Å². The molecule has 0 amide bonds. The molecule has 1 atom stereocenters. The molecule has 17 heavy (non-hydrogen) atoms. The fraction of sp³-hybridized carbons (Fsp3) is 0.467. The Kier molecular flexibility index (Phi) is 6.41. The van der Waals surface area contributed by atoms with Crippen LogP contribution in [0.2, 0.25) is 0 Å². The lowest BCUT2D eigenvalue weighted by Gasteiger charge is -2.12. The van der Waals surface area contributed by atoms with E-state index < -0.39 is 0 Å². The summed E-state index contributed by atoms with van der Waals surface area (Å²) in [4.78, 5) is 0. The van der Waals surface area contributed by atoms with Crippen molar-refractivity contribution in [2.24, 2.45) is 0 Å². The van der Waals surface area contributed by atoms with Crippen LogP contribution in [0.15, 0.2) is 36.9 Å². The van der Waals surface area contributed by atoms with Crippen LogP contribution in [0.4, 0.5) is 0 Å². The number of hydrogen-bond acceptors (Lipinski definition) is 2. The largest absolute Gasteiger partial charge is 0.490 e. The summed E-state index contributed by atoms with van der Waals surface area (Å²) in [7, 11) is 0. The summed E-state index contributed by atoms with van der Waals surface area (Å²) in [6.45, 7) is 9.60. The van der Waals surface area contributed by atoms with Gasteiger partial charge in [0.05, 0.1) is 0 Å². The van der Waals surface area contributed by atoms with E-state index in [0.29, 0.717) is 12.6 Å². The standard InChI is InChI=1S/C15H23NO/c1-4-12-17-15-10-8-14(9-11-15)7-6-13(3)16-5-2/h4,8-11,13,16H,1,5-7,12H2,2-3H3. The molecule has 1 aromatic rings. The molecule has 0 heterocycles. The molecule has 0 saturated carbocycles. The second kappa shape index (κ2) is 7.91. The summed E-state index contributed by atoms with van der Waals surface area (Å²) in [6.07, 6.45) is 4.03. The first-order valence-corrected chi connectivity index (χ1v) is 6.32. The number of ether oxygens (including phenoxy) is 1. The molecule has 0 bridgehead atoms. The molecule has 1 aromatic carbocycles. The van der Waals surface area contributed by atoms with Crippen LogP contribution < -0.4 is 10.1 Å². The fourth-order valence-electron chi connectivity index (χ4n) is 1.74. The average Bonchev–Trinajstić information content (AvgIpc) is 2.35. The Balaban J connectivity index is 2.37. The topological polar surface area (TPSA) is 21.3 Å². The van der Waals surface area contributed by atoms with Crippen molar-refractivity contribution in [1.29, 1.82) is 0 Å². The average molecular weight is 233 g/mol. The minimum Gasteiger partial charge on any atom is -0.490 e. The first-order chi connectivity index (χ1) is 8.26. The first-order valence-electron chi connectivity index (χ1n) is 6.32. The van der Waals surface area contributed by atoms with Crippen molar-refractivity contribution in [3.05, 3.63) is 42.5 Å². The Labute approximate surface area is 105 Å². The quantitative estimate of drug-likeness (QED) is 0.696. The Bertz CT molecular complexity index is 318. The second-order valence-electron chi connectivity index (χ2n) is 4.24. The number of rotatable bonds is 8. The highest BCUT2D eigenvalue weighted by Gasteiger charge is 2.01. The Morgan fingerprint density at radius 1 is 1.35 bits per heavy atom. The molecule has 1 N–H and O–H groups in total. The Morgan fingerprint density at radius 3 is 2.65 bits per heavy atom. The summed E-state index contributed by atoms with van der Waals surface area (Å²) < 4.78 is 5.44. The second-order valence-corrected chi connectivity index (χ2v) is 4.24. The third kappa shape index (κ3) is 5.55. The predicted octanol–water partition coefficient (Wildman–Crippen LogP) is 3.18. The Hall–Kier alpha value is -1.28. The zero-order valence-corrected chi connectivity index (χ0v) is 10.9. The molecule has 0 aromatic heterocycles. The van der Waals surface area contributed by atoms with E-state index in [0.717, 1.165) is 18.7 Å². The van der Waals surface area contributed by atoms with Gasteiger partial charge in [-0.3, -0.25) is 0 Å². The number of aryl methyl sites for hydroxylation is 1. The smallest absolute Gasteiger partial charge is 0.119 e. The van der Waals surface area contributed by atoms with E-state index in [4.69, 9.17) is 4.74 Å². The summed E-state index contributed by atoms with van der Waals surface area (Å²) in [6, 6.07) is 8.90. The van der Waals surface area contributed by atoms with Crippen molar-refractivity contribution in [1.82, 2.24) is 5.32 Å². The van der Waals surface area contributed by atoms with Crippen molar-refractivity contribution in [2.45, 2.75) is 32.7 Å². The minimum absolute atomic E-state index is 0.566. The molecule has 2 heteroatoms. The van der Waals surface area contributed by atoms with Gasteiger partial charge in [0.15, 0.2) is 0 Å². The summed E-state index contributed by atoms with van der Waals surface area (Å²) in [5.74, 6) is 0.911. The van der Waals surface area contributed by atoms with E-state index in [2.05, 4.69) is 37.9 Å². The van der Waals surface area contributed by atoms with E-state index in [1.54, 1.807) is 6.08 Å². The molecule has 2 nitrogen and oxygen atoms in total. The maximum atomic E-state index is 5.44. The van der Waals surface area contributed by atoms with Gasteiger partial charge in [0.1, 0.15) is 12.4 Å². The van der Waals surface area contributed by atoms with Gasteiger partial charge < -0.3 is 10.1 Å². The van der Waals surface area contributed by atoms with Crippen molar-refractivity contribution in [3.63, 3.8) is 0 Å². The maximum absolute atomic E-state index is 5.44. The van der Waals surface area contributed by atoms with Gasteiger partial charge in [0.25, 0.3) is 0 Å². The van der Waals surface area contributed by atoms with Crippen LogP contribution in [0, 0.1) is 0 Å². The molecule has 0 aliphatic rings. The van der Waals surface area contributed by atoms with Gasteiger partial charge in [-0.2, -0.15) is 0 Å². The van der Waals surface area contributed by atoms with E-state index in [1.165, 1.54) is 12.0 Å². The van der Waals surface area contributed by atoms with Crippen LogP contribution in [-0.2, 0) is 6.42 Å². The van der Waals surface area contributed by atoms with Gasteiger partial charge >= 0.3 is 0 Å². The highest BCUT2D eigenvalue weighted by Crippen LogP contribution is 2.13. The SMILES string of the molecule is C=CCOc1ccc(CCC(C)NCC)cc1. The normalized spacial score (nSPS) is 12.1. The first kappa shape index (κ1) is 13.8. The van der Waals surface area contributed by atoms with E-state index in [9.17, 15) is 0 Å². The van der Waals surface area contributed by atoms with Crippen LogP contribution in [0.3, 0.4) is 0 Å². The lowest BCUT2D eigenvalue weighted by atomic mass is 10.1.